The van der Waals surface area contributed by atoms with E-state index in [-0.39, 0.29) is 5.91 Å². The van der Waals surface area contributed by atoms with Gasteiger partial charge in [0.25, 0.3) is 5.91 Å². The number of fused-ring (bicyclic) bond motifs is 1. The molecule has 1 saturated carbocycles. The zero-order chi connectivity index (χ0) is 11.8. The first-order chi connectivity index (χ1) is 8.27. The highest BCUT2D eigenvalue weighted by Crippen LogP contribution is 2.38. The van der Waals surface area contributed by atoms with Crippen LogP contribution in [0.2, 0.25) is 0 Å². The number of likely N-dealkylation sites (tertiary alicyclic amines) is 1. The van der Waals surface area contributed by atoms with Crippen LogP contribution in [0.1, 0.15) is 41.8 Å². The number of rotatable bonds is 1. The van der Waals surface area contributed by atoms with Crippen LogP contribution in [0.3, 0.4) is 0 Å². The van der Waals surface area contributed by atoms with E-state index in [2.05, 4.69) is 4.90 Å². The maximum absolute atomic E-state index is 12.5. The molecule has 1 aromatic rings. The summed E-state index contributed by atoms with van der Waals surface area (Å²) in [4.78, 5) is 15.3. The Hall–Kier alpha value is -1.03. The summed E-state index contributed by atoms with van der Waals surface area (Å²) in [5.74, 6) is 0.906. The van der Waals surface area contributed by atoms with Gasteiger partial charge in [-0.25, -0.2) is 0 Å². The lowest BCUT2D eigenvalue weighted by atomic mass is 9.92. The minimum atomic E-state index is 0.161. The van der Waals surface area contributed by atoms with Crippen molar-refractivity contribution in [1.29, 1.82) is 0 Å². The molecule has 1 aromatic heterocycles. The first-order valence-corrected chi connectivity index (χ1v) is 7.29. The van der Waals surface area contributed by atoms with Crippen molar-refractivity contribution >= 4 is 22.9 Å². The minimum absolute atomic E-state index is 0.161. The van der Waals surface area contributed by atoms with Gasteiger partial charge in [-0.1, -0.05) is 6.42 Å². The lowest BCUT2D eigenvalue weighted by Crippen LogP contribution is -2.46. The van der Waals surface area contributed by atoms with Crippen LogP contribution in [0, 0.1) is 5.92 Å². The number of carbonyl (C=O) groups excluding carboxylic acids is 1. The number of nitrogen functional groups attached to an aromatic ring is 1. The highest BCUT2D eigenvalue weighted by atomic mass is 32.1. The predicted octanol–water partition coefficient (Wildman–Crippen LogP) is 2.74. The summed E-state index contributed by atoms with van der Waals surface area (Å²) in [7, 11) is 0. The maximum Gasteiger partial charge on any atom is 0.266 e. The van der Waals surface area contributed by atoms with Crippen LogP contribution in [0.15, 0.2) is 11.4 Å². The van der Waals surface area contributed by atoms with Crippen LogP contribution < -0.4 is 5.73 Å². The Bertz CT molecular complexity index is 429. The molecule has 2 atom stereocenters. The summed E-state index contributed by atoms with van der Waals surface area (Å²) < 4.78 is 0. The first-order valence-electron chi connectivity index (χ1n) is 6.41. The van der Waals surface area contributed by atoms with E-state index in [0.29, 0.717) is 11.7 Å². The van der Waals surface area contributed by atoms with Crippen molar-refractivity contribution < 1.29 is 4.79 Å². The smallest absolute Gasteiger partial charge is 0.266 e. The lowest BCUT2D eigenvalue weighted by molar-refractivity contribution is 0.0554. The summed E-state index contributed by atoms with van der Waals surface area (Å²) in [6, 6.07) is 2.31. The van der Waals surface area contributed by atoms with Crippen molar-refractivity contribution in [3.8, 4) is 0 Å². The molecule has 1 aliphatic heterocycles. The Morgan fingerprint density at radius 2 is 2.18 bits per heavy atom. The molecule has 4 heteroatoms. The van der Waals surface area contributed by atoms with Crippen molar-refractivity contribution in [3.63, 3.8) is 0 Å². The molecule has 2 N–H and O–H groups in total. The van der Waals surface area contributed by atoms with E-state index >= 15 is 0 Å². The van der Waals surface area contributed by atoms with Crippen molar-refractivity contribution in [1.82, 2.24) is 4.90 Å². The van der Waals surface area contributed by atoms with Crippen LogP contribution >= 0.6 is 11.3 Å². The summed E-state index contributed by atoms with van der Waals surface area (Å²) in [6.07, 6.45) is 6.21. The molecular formula is C13H18N2OS. The number of piperidine rings is 1. The molecule has 92 valence electrons. The van der Waals surface area contributed by atoms with E-state index in [1.165, 1.54) is 37.0 Å². The van der Waals surface area contributed by atoms with Crippen LogP contribution in [-0.4, -0.2) is 23.4 Å². The second-order valence-corrected chi connectivity index (χ2v) is 6.02. The zero-order valence-electron chi connectivity index (χ0n) is 9.89. The molecule has 1 amide bonds. The molecule has 0 aromatic carbocycles. The number of amides is 1. The fourth-order valence-electron chi connectivity index (χ4n) is 3.33. The second-order valence-electron chi connectivity index (χ2n) is 5.10. The van der Waals surface area contributed by atoms with E-state index < -0.39 is 0 Å². The van der Waals surface area contributed by atoms with Gasteiger partial charge in [-0.3, -0.25) is 4.79 Å². The number of anilines is 1. The number of hydrogen-bond donors (Lipinski definition) is 1. The molecule has 1 aliphatic carbocycles. The van der Waals surface area contributed by atoms with E-state index in [9.17, 15) is 4.79 Å². The van der Waals surface area contributed by atoms with Gasteiger partial charge in [0.2, 0.25) is 0 Å². The highest BCUT2D eigenvalue weighted by Gasteiger charge is 2.38. The first kappa shape index (κ1) is 11.1. The third-order valence-electron chi connectivity index (χ3n) is 4.14. The lowest BCUT2D eigenvalue weighted by Gasteiger charge is -2.37. The van der Waals surface area contributed by atoms with Gasteiger partial charge >= 0.3 is 0 Å². The third-order valence-corrected chi connectivity index (χ3v) is 5.06. The van der Waals surface area contributed by atoms with Gasteiger partial charge in [-0.15, -0.1) is 11.3 Å². The summed E-state index contributed by atoms with van der Waals surface area (Å²) in [5.41, 5.74) is 6.49. The van der Waals surface area contributed by atoms with Crippen LogP contribution in [0.5, 0.6) is 0 Å². The molecule has 1 saturated heterocycles. The number of nitrogens with zero attached hydrogens (tertiary/aromatic N) is 1. The van der Waals surface area contributed by atoms with Crippen molar-refractivity contribution in [2.75, 3.05) is 12.3 Å². The van der Waals surface area contributed by atoms with Crippen molar-refractivity contribution in [2.24, 2.45) is 5.92 Å². The topological polar surface area (TPSA) is 46.3 Å². The Balaban J connectivity index is 1.83. The molecule has 17 heavy (non-hydrogen) atoms. The minimum Gasteiger partial charge on any atom is -0.397 e. The average molecular weight is 250 g/mol. The number of thiophene rings is 1. The Labute approximate surface area is 106 Å². The molecule has 3 rings (SSSR count). The second kappa shape index (κ2) is 4.33. The molecule has 2 unspecified atom stereocenters. The standard InChI is InChI=1S/C13H18N2OS/c14-10-6-8-17-12(10)13(16)15-7-2-4-9-3-1-5-11(9)15/h6,8-9,11H,1-5,7,14H2. The SMILES string of the molecule is Nc1ccsc1C(=O)N1CCCC2CCCC21. The monoisotopic (exact) mass is 250 g/mol. The number of carbonyl (C=O) groups is 1. The van der Waals surface area contributed by atoms with Crippen LogP contribution in [0.25, 0.3) is 0 Å². The Morgan fingerprint density at radius 1 is 1.35 bits per heavy atom. The molecule has 2 aliphatic rings. The normalized spacial score (nSPS) is 28.1. The predicted molar refractivity (Wildman–Crippen MR) is 70.1 cm³/mol. The van der Waals surface area contributed by atoms with E-state index in [4.69, 9.17) is 5.73 Å². The van der Waals surface area contributed by atoms with E-state index in [1.54, 1.807) is 0 Å². The third kappa shape index (κ3) is 1.84. The van der Waals surface area contributed by atoms with Crippen LogP contribution in [0.4, 0.5) is 5.69 Å². The van der Waals surface area contributed by atoms with Gasteiger partial charge in [0.15, 0.2) is 0 Å². The number of hydrogen-bond acceptors (Lipinski definition) is 3. The van der Waals surface area contributed by atoms with Gasteiger partial charge in [-0.05, 0) is 43.0 Å². The number of nitrogens with two attached hydrogens (primary N) is 1. The van der Waals surface area contributed by atoms with E-state index in [1.807, 2.05) is 11.4 Å². The van der Waals surface area contributed by atoms with Gasteiger partial charge in [-0.2, -0.15) is 0 Å². The molecule has 2 fully saturated rings. The van der Waals surface area contributed by atoms with Gasteiger partial charge in [0.1, 0.15) is 4.88 Å². The summed E-state index contributed by atoms with van der Waals surface area (Å²) >= 11 is 1.47. The molecular weight excluding hydrogens is 232 g/mol. The molecule has 2 heterocycles. The van der Waals surface area contributed by atoms with Gasteiger partial charge in [0, 0.05) is 12.6 Å². The average Bonchev–Trinajstić information content (AvgIpc) is 2.95. The van der Waals surface area contributed by atoms with Crippen LogP contribution in [-0.2, 0) is 0 Å². The molecule has 3 nitrogen and oxygen atoms in total. The Morgan fingerprint density at radius 3 is 2.94 bits per heavy atom. The molecule has 0 bridgehead atoms. The highest BCUT2D eigenvalue weighted by molar-refractivity contribution is 7.12. The zero-order valence-corrected chi connectivity index (χ0v) is 10.7. The fraction of sp³-hybridized carbons (Fsp3) is 0.615. The van der Waals surface area contributed by atoms with Crippen molar-refractivity contribution in [3.05, 3.63) is 16.3 Å². The van der Waals surface area contributed by atoms with Crippen molar-refractivity contribution in [2.45, 2.75) is 38.1 Å². The quantitative estimate of drug-likeness (QED) is 0.833. The van der Waals surface area contributed by atoms with E-state index in [0.717, 1.165) is 23.8 Å². The Kier molecular flexibility index (Phi) is 2.82. The fourth-order valence-corrected chi connectivity index (χ4v) is 4.10. The largest absolute Gasteiger partial charge is 0.397 e. The molecule has 0 radical (unpaired) electrons. The maximum atomic E-state index is 12.5. The summed E-state index contributed by atoms with van der Waals surface area (Å²) in [5, 5.41) is 1.90. The molecule has 0 spiro atoms. The summed E-state index contributed by atoms with van der Waals surface area (Å²) in [6.45, 7) is 0.914. The van der Waals surface area contributed by atoms with Gasteiger partial charge < -0.3 is 10.6 Å². The van der Waals surface area contributed by atoms with Gasteiger partial charge in [0.05, 0.1) is 5.69 Å².